The number of ketones is 2. The smallest absolute Gasteiger partial charge is 0.223 e. The summed E-state index contributed by atoms with van der Waals surface area (Å²) in [5.74, 6) is -0.407. The highest BCUT2D eigenvalue weighted by Gasteiger charge is 2.27. The van der Waals surface area contributed by atoms with Crippen LogP contribution in [0.25, 0.3) is 0 Å². The van der Waals surface area contributed by atoms with Crippen molar-refractivity contribution >= 4 is 21.4 Å². The normalized spacial score (nSPS) is 11.3. The van der Waals surface area contributed by atoms with E-state index in [1.165, 1.54) is 24.1 Å². The number of carbonyl (C=O) groups excluding carboxylic acids is 2. The maximum Gasteiger partial charge on any atom is 0.223 e. The van der Waals surface area contributed by atoms with Crippen LogP contribution in [-0.2, 0) is 16.9 Å². The summed E-state index contributed by atoms with van der Waals surface area (Å²) < 4.78 is 36.9. The van der Waals surface area contributed by atoms with Crippen LogP contribution in [0, 0.1) is 13.8 Å². The minimum Gasteiger partial charge on any atom is -0.496 e. The molecule has 0 atom stereocenters. The monoisotopic (exact) mass is 456 g/mol. The maximum absolute atomic E-state index is 13.4. The first-order valence-corrected chi connectivity index (χ1v) is 11.6. The minimum atomic E-state index is -3.52. The molecule has 0 aliphatic rings. The molecule has 0 unspecified atom stereocenters. The van der Waals surface area contributed by atoms with E-state index >= 15 is 0 Å². The molecule has 0 N–H and O–H groups in total. The average Bonchev–Trinajstić information content (AvgIpc) is 3.11. The van der Waals surface area contributed by atoms with Gasteiger partial charge in [-0.25, -0.2) is 13.1 Å². The molecule has 1 aromatic heterocycles. The van der Waals surface area contributed by atoms with Crippen LogP contribution in [0.5, 0.6) is 11.6 Å². The molecule has 2 aromatic carbocycles. The standard InChI is InChI=1S/C23H24N2O6S/c1-14-11-17(21(30-4)15(2)22(14)32(5,28)29)20(27)18-12-24-25(3)23(18)31-13-19(26)16-9-7-6-8-10-16/h6-12H,13H2,1-5H3. The number of aryl methyl sites for hydroxylation is 2. The van der Waals surface area contributed by atoms with Crippen LogP contribution in [-0.4, -0.2) is 49.7 Å². The second-order valence-electron chi connectivity index (χ2n) is 7.39. The Bertz CT molecular complexity index is 1290. The molecule has 32 heavy (non-hydrogen) atoms. The summed E-state index contributed by atoms with van der Waals surface area (Å²) in [5, 5.41) is 4.09. The van der Waals surface area contributed by atoms with Gasteiger partial charge in [-0.15, -0.1) is 0 Å². The van der Waals surface area contributed by atoms with Gasteiger partial charge in [0.25, 0.3) is 0 Å². The summed E-state index contributed by atoms with van der Waals surface area (Å²) in [5.41, 5.74) is 1.59. The first kappa shape index (κ1) is 23.2. The van der Waals surface area contributed by atoms with Crippen LogP contribution in [0.2, 0.25) is 0 Å². The van der Waals surface area contributed by atoms with Gasteiger partial charge >= 0.3 is 0 Å². The Kier molecular flexibility index (Phi) is 6.50. The first-order chi connectivity index (χ1) is 15.1. The van der Waals surface area contributed by atoms with Gasteiger partial charge in [0.15, 0.2) is 22.2 Å². The molecule has 168 valence electrons. The molecular weight excluding hydrogens is 432 g/mol. The van der Waals surface area contributed by atoms with Crippen LogP contribution < -0.4 is 9.47 Å². The maximum atomic E-state index is 13.4. The Labute approximate surface area is 186 Å². The Balaban J connectivity index is 1.98. The number of nitrogens with zero attached hydrogens (tertiary/aromatic N) is 2. The number of rotatable bonds is 8. The van der Waals surface area contributed by atoms with Crippen LogP contribution in [0.4, 0.5) is 0 Å². The Morgan fingerprint density at radius 1 is 1.09 bits per heavy atom. The van der Waals surface area contributed by atoms with Gasteiger partial charge in [0.1, 0.15) is 11.3 Å². The third-order valence-electron chi connectivity index (χ3n) is 5.03. The van der Waals surface area contributed by atoms with Crippen molar-refractivity contribution in [3.8, 4) is 11.6 Å². The number of hydrogen-bond donors (Lipinski definition) is 0. The van der Waals surface area contributed by atoms with Crippen molar-refractivity contribution < 1.29 is 27.5 Å². The molecule has 0 fully saturated rings. The molecule has 8 nitrogen and oxygen atoms in total. The number of hydrogen-bond acceptors (Lipinski definition) is 7. The fourth-order valence-corrected chi connectivity index (χ4v) is 4.98. The molecule has 3 aromatic rings. The fourth-order valence-electron chi connectivity index (χ4n) is 3.69. The number of carbonyl (C=O) groups is 2. The van der Waals surface area contributed by atoms with Gasteiger partial charge in [0.2, 0.25) is 11.7 Å². The highest BCUT2D eigenvalue weighted by molar-refractivity contribution is 7.90. The molecule has 0 spiro atoms. The topological polar surface area (TPSA) is 105 Å². The zero-order valence-corrected chi connectivity index (χ0v) is 19.3. The van der Waals surface area contributed by atoms with Crippen LogP contribution in [0.1, 0.15) is 37.4 Å². The molecule has 3 rings (SSSR count). The zero-order chi connectivity index (χ0) is 23.6. The lowest BCUT2D eigenvalue weighted by molar-refractivity contribution is 0.0908. The number of sulfone groups is 1. The molecule has 0 saturated heterocycles. The van der Waals surface area contributed by atoms with Gasteiger partial charge < -0.3 is 9.47 Å². The fraction of sp³-hybridized carbons (Fsp3) is 0.261. The van der Waals surface area contributed by atoms with E-state index in [0.717, 1.165) is 6.26 Å². The quantitative estimate of drug-likeness (QED) is 0.480. The zero-order valence-electron chi connectivity index (χ0n) is 18.5. The minimum absolute atomic E-state index is 0.127. The SMILES string of the molecule is COc1c(C(=O)c2cnn(C)c2OCC(=O)c2ccccc2)cc(C)c(S(C)(=O)=O)c1C. The van der Waals surface area contributed by atoms with E-state index in [-0.39, 0.29) is 40.0 Å². The lowest BCUT2D eigenvalue weighted by atomic mass is 9.99. The molecule has 1 heterocycles. The third kappa shape index (κ3) is 4.43. The van der Waals surface area contributed by atoms with Crippen molar-refractivity contribution in [1.82, 2.24) is 9.78 Å². The van der Waals surface area contributed by atoms with Crippen molar-refractivity contribution in [2.45, 2.75) is 18.7 Å². The van der Waals surface area contributed by atoms with E-state index in [1.54, 1.807) is 45.2 Å². The predicted octanol–water partition coefficient (Wildman–Crippen LogP) is 2.94. The molecule has 0 bridgehead atoms. The summed E-state index contributed by atoms with van der Waals surface area (Å²) in [6, 6.07) is 10.2. The van der Waals surface area contributed by atoms with Crippen molar-refractivity contribution in [3.63, 3.8) is 0 Å². The number of Topliss-reactive ketones (excluding diaryl/α,β-unsaturated/α-hetero) is 1. The van der Waals surface area contributed by atoms with Gasteiger partial charge in [-0.3, -0.25) is 9.59 Å². The van der Waals surface area contributed by atoms with Gasteiger partial charge in [-0.05, 0) is 25.5 Å². The molecule has 0 aliphatic heterocycles. The number of aromatic nitrogens is 2. The van der Waals surface area contributed by atoms with Crippen molar-refractivity contribution in [2.75, 3.05) is 20.0 Å². The molecular formula is C23H24N2O6S. The van der Waals surface area contributed by atoms with Gasteiger partial charge in [-0.1, -0.05) is 30.3 Å². The average molecular weight is 457 g/mol. The van der Waals surface area contributed by atoms with Crippen molar-refractivity contribution in [3.05, 3.63) is 70.4 Å². The highest BCUT2D eigenvalue weighted by Crippen LogP contribution is 2.35. The number of methoxy groups -OCH3 is 1. The second kappa shape index (κ2) is 8.96. The Hall–Kier alpha value is -3.46. The highest BCUT2D eigenvalue weighted by atomic mass is 32.2. The molecule has 0 aliphatic carbocycles. The van der Waals surface area contributed by atoms with E-state index in [2.05, 4.69) is 5.10 Å². The third-order valence-corrected chi connectivity index (χ3v) is 6.40. The number of ether oxygens (including phenoxy) is 2. The van der Waals surface area contributed by atoms with Crippen molar-refractivity contribution in [1.29, 1.82) is 0 Å². The van der Waals surface area contributed by atoms with E-state index in [0.29, 0.717) is 16.7 Å². The Morgan fingerprint density at radius 3 is 2.34 bits per heavy atom. The van der Waals surface area contributed by atoms with Crippen LogP contribution >= 0.6 is 0 Å². The summed E-state index contributed by atoms with van der Waals surface area (Å²) >= 11 is 0. The van der Waals surface area contributed by atoms with Gasteiger partial charge in [0.05, 0.1) is 23.8 Å². The van der Waals surface area contributed by atoms with Crippen molar-refractivity contribution in [2.24, 2.45) is 7.05 Å². The lowest BCUT2D eigenvalue weighted by Crippen LogP contribution is -2.16. The lowest BCUT2D eigenvalue weighted by Gasteiger charge is -2.16. The van der Waals surface area contributed by atoms with E-state index < -0.39 is 15.6 Å². The molecule has 0 radical (unpaired) electrons. The summed E-state index contributed by atoms with van der Waals surface area (Å²) in [6.45, 7) is 2.95. The van der Waals surface area contributed by atoms with E-state index in [9.17, 15) is 18.0 Å². The van der Waals surface area contributed by atoms with E-state index in [1.807, 2.05) is 6.07 Å². The summed E-state index contributed by atoms with van der Waals surface area (Å²) in [6.07, 6.45) is 2.46. The largest absolute Gasteiger partial charge is 0.496 e. The van der Waals surface area contributed by atoms with E-state index in [4.69, 9.17) is 9.47 Å². The Morgan fingerprint density at radius 2 is 1.75 bits per heavy atom. The molecule has 0 amide bonds. The van der Waals surface area contributed by atoms with Gasteiger partial charge in [-0.2, -0.15) is 5.10 Å². The van der Waals surface area contributed by atoms with Crippen LogP contribution in [0.3, 0.4) is 0 Å². The molecule has 9 heteroatoms. The summed E-state index contributed by atoms with van der Waals surface area (Å²) in [4.78, 5) is 25.9. The summed E-state index contributed by atoms with van der Waals surface area (Å²) in [7, 11) is -0.551. The first-order valence-electron chi connectivity index (χ1n) is 9.72. The number of benzene rings is 2. The second-order valence-corrected chi connectivity index (χ2v) is 9.35. The predicted molar refractivity (Wildman–Crippen MR) is 118 cm³/mol. The van der Waals surface area contributed by atoms with Crippen LogP contribution in [0.15, 0.2) is 47.5 Å². The van der Waals surface area contributed by atoms with Gasteiger partial charge in [0, 0.05) is 24.4 Å². The molecule has 0 saturated carbocycles.